The summed E-state index contributed by atoms with van der Waals surface area (Å²) in [6.45, 7) is 4.18. The third-order valence-electron chi connectivity index (χ3n) is 3.96. The summed E-state index contributed by atoms with van der Waals surface area (Å²) < 4.78 is 0. The summed E-state index contributed by atoms with van der Waals surface area (Å²) in [6, 6.07) is 4.78. The van der Waals surface area contributed by atoms with Crippen LogP contribution in [0.15, 0.2) is 18.2 Å². The van der Waals surface area contributed by atoms with Crippen LogP contribution in [0.5, 0.6) is 5.75 Å². The number of nitrogens with zero attached hydrogens (tertiary/aromatic N) is 1. The molecule has 2 N–H and O–H groups in total. The Balaban J connectivity index is 2.20. The molecule has 0 saturated carbocycles. The van der Waals surface area contributed by atoms with Gasteiger partial charge in [0.2, 0.25) is 0 Å². The Kier molecular flexibility index (Phi) is 3.70. The minimum atomic E-state index is -0.888. The van der Waals surface area contributed by atoms with Crippen molar-refractivity contribution in [3.8, 4) is 5.75 Å². The fourth-order valence-corrected chi connectivity index (χ4v) is 2.51. The molecule has 1 aliphatic heterocycles. The number of hydrogen-bond donors (Lipinski definition) is 2. The maximum Gasteiger partial charge on any atom is 0.311 e. The Hall–Kier alpha value is -2.04. The van der Waals surface area contributed by atoms with Gasteiger partial charge in [0.15, 0.2) is 0 Å². The third kappa shape index (κ3) is 2.61. The second kappa shape index (κ2) is 5.15. The second-order valence-electron chi connectivity index (χ2n) is 5.70. The summed E-state index contributed by atoms with van der Waals surface area (Å²) >= 11 is 0. The molecule has 0 bridgehead atoms. The van der Waals surface area contributed by atoms with E-state index >= 15 is 0 Å². The molecule has 20 heavy (non-hydrogen) atoms. The molecule has 0 spiro atoms. The molecule has 2 rings (SSSR count). The van der Waals surface area contributed by atoms with Crippen molar-refractivity contribution in [1.29, 1.82) is 0 Å². The standard InChI is InChI=1S/C15H19NO4/c1-10-4-5-11(8-12(10)17)13(18)16-7-3-6-15(2,9-16)14(19)20/h4-5,8,17H,3,6-7,9H2,1-2H3,(H,19,20). The monoisotopic (exact) mass is 277 g/mol. The van der Waals surface area contributed by atoms with Crippen LogP contribution in [0, 0.1) is 12.3 Å². The van der Waals surface area contributed by atoms with Crippen LogP contribution < -0.4 is 0 Å². The largest absolute Gasteiger partial charge is 0.508 e. The van der Waals surface area contributed by atoms with E-state index in [9.17, 15) is 19.8 Å². The minimum absolute atomic E-state index is 0.0776. The molecule has 0 aromatic heterocycles. The van der Waals surface area contributed by atoms with Gasteiger partial charge in [0, 0.05) is 18.7 Å². The Morgan fingerprint density at radius 1 is 1.35 bits per heavy atom. The number of likely N-dealkylation sites (tertiary alicyclic amines) is 1. The van der Waals surface area contributed by atoms with Crippen molar-refractivity contribution in [2.75, 3.05) is 13.1 Å². The fraction of sp³-hybridized carbons (Fsp3) is 0.467. The molecule has 1 aliphatic rings. The van der Waals surface area contributed by atoms with Gasteiger partial charge in [0.25, 0.3) is 5.91 Å². The van der Waals surface area contributed by atoms with E-state index in [-0.39, 0.29) is 18.2 Å². The zero-order valence-electron chi connectivity index (χ0n) is 11.7. The number of piperidine rings is 1. The lowest BCUT2D eigenvalue weighted by Gasteiger charge is -2.37. The summed E-state index contributed by atoms with van der Waals surface area (Å²) in [6.07, 6.45) is 1.25. The topological polar surface area (TPSA) is 77.8 Å². The van der Waals surface area contributed by atoms with Crippen molar-refractivity contribution < 1.29 is 19.8 Å². The van der Waals surface area contributed by atoms with Gasteiger partial charge in [-0.05, 0) is 44.4 Å². The molecule has 1 atom stereocenters. The summed E-state index contributed by atoms with van der Waals surface area (Å²) in [5.74, 6) is -1.02. The summed E-state index contributed by atoms with van der Waals surface area (Å²) in [7, 11) is 0. The molecule has 1 heterocycles. The van der Waals surface area contributed by atoms with E-state index in [1.165, 1.54) is 6.07 Å². The number of aliphatic carboxylic acids is 1. The zero-order valence-corrected chi connectivity index (χ0v) is 11.7. The molecule has 5 heteroatoms. The number of aromatic hydroxyl groups is 1. The Labute approximate surface area is 117 Å². The molecule has 0 radical (unpaired) electrons. The van der Waals surface area contributed by atoms with E-state index in [1.807, 2.05) is 0 Å². The quantitative estimate of drug-likeness (QED) is 0.867. The molecule has 0 aliphatic carbocycles. The van der Waals surface area contributed by atoms with Crippen LogP contribution in [0.25, 0.3) is 0 Å². The first kappa shape index (κ1) is 14.4. The predicted octanol–water partition coefficient (Wildman–Crippen LogP) is 2.03. The SMILES string of the molecule is Cc1ccc(C(=O)N2CCCC(C)(C(=O)O)C2)cc1O. The van der Waals surface area contributed by atoms with E-state index in [1.54, 1.807) is 30.9 Å². The number of carboxylic acids is 1. The molecule has 1 amide bonds. The van der Waals surface area contributed by atoms with Gasteiger partial charge in [0.05, 0.1) is 5.41 Å². The molecular formula is C15H19NO4. The lowest BCUT2D eigenvalue weighted by atomic mass is 9.82. The number of amides is 1. The van der Waals surface area contributed by atoms with Gasteiger partial charge >= 0.3 is 5.97 Å². The van der Waals surface area contributed by atoms with Crippen molar-refractivity contribution in [2.24, 2.45) is 5.41 Å². The number of benzene rings is 1. The normalized spacial score (nSPS) is 22.6. The van der Waals surface area contributed by atoms with Crippen LogP contribution in [0.3, 0.4) is 0 Å². The van der Waals surface area contributed by atoms with E-state index < -0.39 is 11.4 Å². The molecule has 108 valence electrons. The van der Waals surface area contributed by atoms with Crippen LogP contribution in [-0.2, 0) is 4.79 Å². The van der Waals surface area contributed by atoms with Gasteiger partial charge in [-0.25, -0.2) is 0 Å². The van der Waals surface area contributed by atoms with Gasteiger partial charge in [0.1, 0.15) is 5.75 Å². The Bertz CT molecular complexity index is 555. The van der Waals surface area contributed by atoms with E-state index in [0.717, 1.165) is 0 Å². The van der Waals surface area contributed by atoms with E-state index in [2.05, 4.69) is 0 Å². The average molecular weight is 277 g/mol. The number of carboxylic acid groups (broad SMARTS) is 1. The lowest BCUT2D eigenvalue weighted by molar-refractivity contribution is -0.150. The molecule has 1 aromatic carbocycles. The first-order chi connectivity index (χ1) is 9.33. The highest BCUT2D eigenvalue weighted by atomic mass is 16.4. The molecule has 1 aromatic rings. The van der Waals surface area contributed by atoms with Crippen LogP contribution in [0.4, 0.5) is 0 Å². The number of rotatable bonds is 2. The molecular weight excluding hydrogens is 258 g/mol. The van der Waals surface area contributed by atoms with Crippen molar-refractivity contribution in [3.05, 3.63) is 29.3 Å². The summed E-state index contributed by atoms with van der Waals surface area (Å²) in [4.78, 5) is 25.3. The first-order valence-electron chi connectivity index (χ1n) is 6.66. The summed E-state index contributed by atoms with van der Waals surface area (Å²) in [5.41, 5.74) is 0.207. The van der Waals surface area contributed by atoms with Gasteiger partial charge < -0.3 is 15.1 Å². The molecule has 1 fully saturated rings. The van der Waals surface area contributed by atoms with E-state index in [4.69, 9.17) is 0 Å². The lowest BCUT2D eigenvalue weighted by Crippen LogP contribution is -2.48. The smallest absolute Gasteiger partial charge is 0.311 e. The number of carbonyl (C=O) groups excluding carboxylic acids is 1. The maximum atomic E-state index is 12.4. The van der Waals surface area contributed by atoms with Gasteiger partial charge in [-0.3, -0.25) is 9.59 Å². The van der Waals surface area contributed by atoms with Crippen molar-refractivity contribution in [3.63, 3.8) is 0 Å². The van der Waals surface area contributed by atoms with Gasteiger partial charge in [-0.1, -0.05) is 6.07 Å². The highest BCUT2D eigenvalue weighted by molar-refractivity contribution is 5.95. The number of phenols is 1. The highest BCUT2D eigenvalue weighted by Gasteiger charge is 2.39. The zero-order chi connectivity index (χ0) is 14.9. The Morgan fingerprint density at radius 2 is 2.05 bits per heavy atom. The van der Waals surface area contributed by atoms with Gasteiger partial charge in [-0.2, -0.15) is 0 Å². The molecule has 1 unspecified atom stereocenters. The number of phenolic OH excluding ortho intramolecular Hbond substituents is 1. The second-order valence-corrected chi connectivity index (χ2v) is 5.70. The number of aryl methyl sites for hydroxylation is 1. The van der Waals surface area contributed by atoms with Crippen LogP contribution in [0.1, 0.15) is 35.7 Å². The first-order valence-corrected chi connectivity index (χ1v) is 6.66. The van der Waals surface area contributed by atoms with Crippen LogP contribution in [0.2, 0.25) is 0 Å². The van der Waals surface area contributed by atoms with Crippen molar-refractivity contribution in [2.45, 2.75) is 26.7 Å². The van der Waals surface area contributed by atoms with Crippen molar-refractivity contribution in [1.82, 2.24) is 4.90 Å². The summed E-state index contributed by atoms with van der Waals surface area (Å²) in [5, 5.41) is 18.9. The molecule has 5 nitrogen and oxygen atoms in total. The van der Waals surface area contributed by atoms with E-state index in [0.29, 0.717) is 30.5 Å². The minimum Gasteiger partial charge on any atom is -0.508 e. The average Bonchev–Trinajstić information content (AvgIpc) is 2.41. The van der Waals surface area contributed by atoms with Gasteiger partial charge in [-0.15, -0.1) is 0 Å². The van der Waals surface area contributed by atoms with Crippen LogP contribution >= 0.6 is 0 Å². The number of carbonyl (C=O) groups is 2. The number of hydrogen-bond acceptors (Lipinski definition) is 3. The maximum absolute atomic E-state index is 12.4. The predicted molar refractivity (Wildman–Crippen MR) is 73.7 cm³/mol. The Morgan fingerprint density at radius 3 is 2.65 bits per heavy atom. The fourth-order valence-electron chi connectivity index (χ4n) is 2.51. The third-order valence-corrected chi connectivity index (χ3v) is 3.96. The van der Waals surface area contributed by atoms with Crippen molar-refractivity contribution >= 4 is 11.9 Å². The molecule has 1 saturated heterocycles. The van der Waals surface area contributed by atoms with Crippen LogP contribution in [-0.4, -0.2) is 40.1 Å². The highest BCUT2D eigenvalue weighted by Crippen LogP contribution is 2.30.